The van der Waals surface area contributed by atoms with Crippen molar-refractivity contribution in [3.8, 4) is 0 Å². The van der Waals surface area contributed by atoms with Crippen molar-refractivity contribution in [3.63, 3.8) is 0 Å². The molecule has 3 nitrogen and oxygen atoms in total. The molecule has 27 heavy (non-hydrogen) atoms. The Morgan fingerprint density at radius 2 is 2.00 bits per heavy atom. The number of ether oxygens (including phenoxy) is 1. The van der Waals surface area contributed by atoms with Crippen LogP contribution in [0.2, 0.25) is 0 Å². The van der Waals surface area contributed by atoms with Gasteiger partial charge in [0.1, 0.15) is 0 Å². The van der Waals surface area contributed by atoms with E-state index in [2.05, 4.69) is 32.9 Å². The van der Waals surface area contributed by atoms with Crippen LogP contribution in [0.3, 0.4) is 0 Å². The van der Waals surface area contributed by atoms with Gasteiger partial charge in [-0.1, -0.05) is 32.9 Å². The zero-order valence-electron chi connectivity index (χ0n) is 17.3. The Hall–Kier alpha value is -1.38. The summed E-state index contributed by atoms with van der Waals surface area (Å²) in [6.07, 6.45) is 13.4. The second kappa shape index (κ2) is 6.60. The Bertz CT molecular complexity index is 704. The summed E-state index contributed by atoms with van der Waals surface area (Å²) in [5, 5.41) is 0. The van der Waals surface area contributed by atoms with Crippen LogP contribution in [0.1, 0.15) is 66.2 Å². The van der Waals surface area contributed by atoms with Gasteiger partial charge in [-0.2, -0.15) is 0 Å². The Labute approximate surface area is 163 Å². The molecule has 3 heteroatoms. The Morgan fingerprint density at radius 3 is 2.74 bits per heavy atom. The molecule has 2 fully saturated rings. The van der Waals surface area contributed by atoms with Gasteiger partial charge < -0.3 is 4.74 Å². The standard InChI is InChI=1S/C24H34O3/c1-15(14-27-16(2)25)20-7-8-21-19-6-5-17-13-18(26)9-11-23(17,3)22(19)10-12-24(20,21)4/h5-6,13,15,19-22H,7-12,14H2,1-4H3/t15-,19?,20?,21?,22?,23+,24?/m1/s1. The van der Waals surface area contributed by atoms with Gasteiger partial charge in [-0.15, -0.1) is 0 Å². The fourth-order valence-electron chi connectivity index (χ4n) is 7.34. The van der Waals surface area contributed by atoms with Gasteiger partial charge in [0, 0.05) is 13.3 Å². The molecular formula is C24H34O3. The highest BCUT2D eigenvalue weighted by molar-refractivity contribution is 5.92. The summed E-state index contributed by atoms with van der Waals surface area (Å²) in [5.41, 5.74) is 1.80. The van der Waals surface area contributed by atoms with Crippen molar-refractivity contribution < 1.29 is 14.3 Å². The molecule has 5 unspecified atom stereocenters. The third-order valence-corrected chi connectivity index (χ3v) is 8.83. The second-order valence-corrected chi connectivity index (χ2v) is 10.1. The fraction of sp³-hybridized carbons (Fsp3) is 0.750. The molecule has 2 saturated carbocycles. The highest BCUT2D eigenvalue weighted by Gasteiger charge is 2.58. The number of hydrogen-bond donors (Lipinski definition) is 0. The maximum atomic E-state index is 11.9. The molecule has 0 radical (unpaired) electrons. The number of rotatable bonds is 3. The zero-order chi connectivity index (χ0) is 19.4. The average Bonchev–Trinajstić information content (AvgIpc) is 2.97. The van der Waals surface area contributed by atoms with E-state index in [4.69, 9.17) is 4.74 Å². The third-order valence-electron chi connectivity index (χ3n) is 8.83. The van der Waals surface area contributed by atoms with E-state index in [0.717, 1.165) is 6.42 Å². The molecule has 0 N–H and O–H groups in total. The van der Waals surface area contributed by atoms with Crippen LogP contribution in [0, 0.1) is 40.4 Å². The summed E-state index contributed by atoms with van der Waals surface area (Å²) in [4.78, 5) is 23.2. The van der Waals surface area contributed by atoms with Gasteiger partial charge in [0.25, 0.3) is 0 Å². The smallest absolute Gasteiger partial charge is 0.302 e. The number of ketones is 1. The molecule has 4 aliphatic rings. The van der Waals surface area contributed by atoms with Crippen molar-refractivity contribution in [1.82, 2.24) is 0 Å². The lowest BCUT2D eigenvalue weighted by atomic mass is 9.48. The molecule has 4 rings (SSSR count). The molecule has 0 saturated heterocycles. The van der Waals surface area contributed by atoms with E-state index in [1.54, 1.807) is 0 Å². The van der Waals surface area contributed by atoms with E-state index in [9.17, 15) is 9.59 Å². The summed E-state index contributed by atoms with van der Waals surface area (Å²) in [5.74, 6) is 3.20. The predicted octanol–water partition coefficient (Wildman–Crippen LogP) is 5.11. The number of fused-ring (bicyclic) bond motifs is 5. The quantitative estimate of drug-likeness (QED) is 0.648. The zero-order valence-corrected chi connectivity index (χ0v) is 17.3. The van der Waals surface area contributed by atoms with Gasteiger partial charge in [0.05, 0.1) is 6.61 Å². The molecule has 0 aromatic rings. The van der Waals surface area contributed by atoms with E-state index >= 15 is 0 Å². The topological polar surface area (TPSA) is 43.4 Å². The van der Waals surface area contributed by atoms with Crippen molar-refractivity contribution in [2.75, 3.05) is 6.61 Å². The van der Waals surface area contributed by atoms with Crippen molar-refractivity contribution >= 4 is 11.8 Å². The monoisotopic (exact) mass is 370 g/mol. The second-order valence-electron chi connectivity index (χ2n) is 10.1. The first-order chi connectivity index (χ1) is 12.8. The summed E-state index contributed by atoms with van der Waals surface area (Å²) < 4.78 is 5.35. The number of esters is 1. The predicted molar refractivity (Wildman–Crippen MR) is 106 cm³/mol. The van der Waals surface area contributed by atoms with Gasteiger partial charge in [0.15, 0.2) is 5.78 Å². The van der Waals surface area contributed by atoms with Crippen LogP contribution < -0.4 is 0 Å². The highest BCUT2D eigenvalue weighted by atomic mass is 16.5. The summed E-state index contributed by atoms with van der Waals surface area (Å²) >= 11 is 0. The first-order valence-electron chi connectivity index (χ1n) is 10.8. The lowest BCUT2D eigenvalue weighted by Gasteiger charge is -2.56. The maximum Gasteiger partial charge on any atom is 0.302 e. The minimum absolute atomic E-state index is 0.167. The van der Waals surface area contributed by atoms with Crippen molar-refractivity contribution in [1.29, 1.82) is 0 Å². The Balaban J connectivity index is 1.59. The minimum atomic E-state index is -0.167. The number of allylic oxidation sites excluding steroid dienone is 4. The van der Waals surface area contributed by atoms with Crippen LogP contribution in [0.5, 0.6) is 0 Å². The third kappa shape index (κ3) is 2.93. The Morgan fingerprint density at radius 1 is 1.22 bits per heavy atom. The van der Waals surface area contributed by atoms with E-state index in [0.29, 0.717) is 53.8 Å². The molecular weight excluding hydrogens is 336 g/mol. The first kappa shape index (κ1) is 19.0. The normalized spacial score (nSPS) is 44.0. The van der Waals surface area contributed by atoms with Crippen LogP contribution in [-0.4, -0.2) is 18.4 Å². The Kier molecular flexibility index (Phi) is 4.63. The largest absolute Gasteiger partial charge is 0.466 e. The van der Waals surface area contributed by atoms with E-state index < -0.39 is 0 Å². The summed E-state index contributed by atoms with van der Waals surface area (Å²) in [6, 6.07) is 0. The van der Waals surface area contributed by atoms with Crippen LogP contribution in [0.4, 0.5) is 0 Å². The first-order valence-corrected chi connectivity index (χ1v) is 10.8. The van der Waals surface area contributed by atoms with Gasteiger partial charge in [-0.3, -0.25) is 9.59 Å². The van der Waals surface area contributed by atoms with Gasteiger partial charge in [-0.25, -0.2) is 0 Å². The molecule has 7 atom stereocenters. The molecule has 0 aromatic carbocycles. The van der Waals surface area contributed by atoms with Gasteiger partial charge in [-0.05, 0) is 84.2 Å². The molecule has 0 bridgehead atoms. The molecule has 0 aromatic heterocycles. The van der Waals surface area contributed by atoms with Crippen LogP contribution >= 0.6 is 0 Å². The van der Waals surface area contributed by atoms with Crippen LogP contribution in [0.25, 0.3) is 0 Å². The van der Waals surface area contributed by atoms with Gasteiger partial charge >= 0.3 is 5.97 Å². The summed E-state index contributed by atoms with van der Waals surface area (Å²) in [7, 11) is 0. The molecule has 148 valence electrons. The number of carbonyl (C=O) groups is 2. The van der Waals surface area contributed by atoms with E-state index in [1.165, 1.54) is 38.2 Å². The van der Waals surface area contributed by atoms with Crippen LogP contribution in [-0.2, 0) is 14.3 Å². The van der Waals surface area contributed by atoms with Crippen molar-refractivity contribution in [2.24, 2.45) is 40.4 Å². The molecule has 4 aliphatic carbocycles. The number of hydrogen-bond acceptors (Lipinski definition) is 3. The molecule has 0 amide bonds. The summed E-state index contributed by atoms with van der Waals surface area (Å²) in [6.45, 7) is 9.23. The lowest BCUT2D eigenvalue weighted by Crippen LogP contribution is -2.49. The van der Waals surface area contributed by atoms with Crippen molar-refractivity contribution in [3.05, 3.63) is 23.8 Å². The lowest BCUT2D eigenvalue weighted by molar-refractivity contribution is -0.143. The molecule has 0 aliphatic heterocycles. The van der Waals surface area contributed by atoms with E-state index in [1.807, 2.05) is 6.08 Å². The van der Waals surface area contributed by atoms with Gasteiger partial charge in [0.2, 0.25) is 0 Å². The average molecular weight is 371 g/mol. The van der Waals surface area contributed by atoms with Crippen molar-refractivity contribution in [2.45, 2.75) is 66.2 Å². The highest BCUT2D eigenvalue weighted by Crippen LogP contribution is 2.66. The minimum Gasteiger partial charge on any atom is -0.466 e. The molecule has 0 heterocycles. The van der Waals surface area contributed by atoms with Crippen LogP contribution in [0.15, 0.2) is 23.8 Å². The SMILES string of the molecule is CC(=O)OC[C@@H](C)C1CCC2C3C=CC4=CC(=O)CC[C@]4(C)C3CCC21C. The maximum absolute atomic E-state index is 11.9. The molecule has 0 spiro atoms. The van der Waals surface area contributed by atoms with E-state index in [-0.39, 0.29) is 11.4 Å². The number of carbonyl (C=O) groups excluding carboxylic acids is 2. The fourth-order valence-corrected chi connectivity index (χ4v) is 7.34.